The van der Waals surface area contributed by atoms with E-state index in [0.29, 0.717) is 13.0 Å². The van der Waals surface area contributed by atoms with Gasteiger partial charge in [0.15, 0.2) is 8.32 Å². The molecular formula is C15H28O4Si. The van der Waals surface area contributed by atoms with Gasteiger partial charge >= 0.3 is 5.97 Å². The van der Waals surface area contributed by atoms with E-state index in [1.165, 1.54) is 7.11 Å². The predicted molar refractivity (Wildman–Crippen MR) is 81.9 cm³/mol. The summed E-state index contributed by atoms with van der Waals surface area (Å²) < 4.78 is 16.9. The molecule has 4 nitrogen and oxygen atoms in total. The van der Waals surface area contributed by atoms with E-state index in [9.17, 15) is 4.79 Å². The standard InChI is InChI=1S/C15H28O4Si/c1-8-15(11-19-20(6,7)14(2,3)4)12(9-10-18-15)13(16)17-5/h9-10,12H,8,11H2,1-7H3/t12-,15-/m1/s1. The molecule has 0 bridgehead atoms. The maximum absolute atomic E-state index is 11.9. The van der Waals surface area contributed by atoms with E-state index in [1.54, 1.807) is 12.3 Å². The first kappa shape index (κ1) is 17.2. The van der Waals surface area contributed by atoms with Crippen LogP contribution in [0.3, 0.4) is 0 Å². The fourth-order valence-electron chi connectivity index (χ4n) is 1.97. The fourth-order valence-corrected chi connectivity index (χ4v) is 3.01. The first-order valence-electron chi connectivity index (χ1n) is 7.16. The van der Waals surface area contributed by atoms with Crippen molar-refractivity contribution in [1.82, 2.24) is 0 Å². The topological polar surface area (TPSA) is 44.8 Å². The minimum absolute atomic E-state index is 0.134. The van der Waals surface area contributed by atoms with E-state index in [1.807, 2.05) is 6.92 Å². The summed E-state index contributed by atoms with van der Waals surface area (Å²) in [6.45, 7) is 13.4. The lowest BCUT2D eigenvalue weighted by atomic mass is 9.87. The van der Waals surface area contributed by atoms with Gasteiger partial charge < -0.3 is 13.9 Å². The summed E-state index contributed by atoms with van der Waals surface area (Å²) >= 11 is 0. The van der Waals surface area contributed by atoms with Crippen molar-refractivity contribution in [1.29, 1.82) is 0 Å². The average Bonchev–Trinajstić information content (AvgIpc) is 2.78. The summed E-state index contributed by atoms with van der Waals surface area (Å²) in [4.78, 5) is 11.9. The first-order chi connectivity index (χ1) is 9.09. The van der Waals surface area contributed by atoms with Gasteiger partial charge in [-0.25, -0.2) is 0 Å². The van der Waals surface area contributed by atoms with Crippen LogP contribution < -0.4 is 0 Å². The highest BCUT2D eigenvalue weighted by molar-refractivity contribution is 6.74. The molecule has 1 aliphatic heterocycles. The second-order valence-electron chi connectivity index (χ2n) is 6.91. The summed E-state index contributed by atoms with van der Waals surface area (Å²) in [5.41, 5.74) is -0.622. The molecule has 0 aliphatic carbocycles. The summed E-state index contributed by atoms with van der Waals surface area (Å²) in [5.74, 6) is -0.651. The van der Waals surface area contributed by atoms with E-state index >= 15 is 0 Å². The Morgan fingerprint density at radius 2 is 2.00 bits per heavy atom. The molecule has 1 aliphatic rings. The molecule has 0 N–H and O–H groups in total. The molecular weight excluding hydrogens is 272 g/mol. The lowest BCUT2D eigenvalue weighted by Gasteiger charge is -2.40. The number of hydrogen-bond donors (Lipinski definition) is 0. The Morgan fingerprint density at radius 1 is 1.40 bits per heavy atom. The molecule has 0 saturated heterocycles. The van der Waals surface area contributed by atoms with Gasteiger partial charge in [-0.2, -0.15) is 0 Å². The Morgan fingerprint density at radius 3 is 2.45 bits per heavy atom. The molecule has 2 atom stereocenters. The SMILES string of the molecule is CC[C@]1(CO[Si](C)(C)C(C)(C)C)OC=C[C@@H]1C(=O)OC. The van der Waals surface area contributed by atoms with Crippen LogP contribution in [0.15, 0.2) is 12.3 Å². The molecule has 1 heterocycles. The number of rotatable bonds is 5. The molecule has 0 saturated carbocycles. The zero-order valence-corrected chi connectivity index (χ0v) is 14.8. The summed E-state index contributed by atoms with van der Waals surface area (Å²) in [7, 11) is -0.464. The van der Waals surface area contributed by atoms with Gasteiger partial charge in [-0.3, -0.25) is 4.79 Å². The third kappa shape index (κ3) is 3.26. The Labute approximate surface area is 123 Å². The van der Waals surface area contributed by atoms with Crippen LogP contribution >= 0.6 is 0 Å². The molecule has 0 amide bonds. The van der Waals surface area contributed by atoms with Crippen LogP contribution in [0.1, 0.15) is 34.1 Å². The van der Waals surface area contributed by atoms with Crippen molar-refractivity contribution < 1.29 is 18.7 Å². The van der Waals surface area contributed by atoms with E-state index in [2.05, 4.69) is 33.9 Å². The van der Waals surface area contributed by atoms with Crippen molar-refractivity contribution in [2.45, 2.75) is 57.8 Å². The van der Waals surface area contributed by atoms with Crippen LogP contribution in [0, 0.1) is 5.92 Å². The van der Waals surface area contributed by atoms with Gasteiger partial charge in [0.25, 0.3) is 0 Å². The van der Waals surface area contributed by atoms with Crippen molar-refractivity contribution in [3.05, 3.63) is 12.3 Å². The number of esters is 1. The van der Waals surface area contributed by atoms with Crippen LogP contribution in [-0.2, 0) is 18.7 Å². The molecule has 0 fully saturated rings. The van der Waals surface area contributed by atoms with Crippen LogP contribution in [0.2, 0.25) is 18.1 Å². The van der Waals surface area contributed by atoms with Crippen molar-refractivity contribution in [3.8, 4) is 0 Å². The number of ether oxygens (including phenoxy) is 2. The maximum atomic E-state index is 11.9. The summed E-state index contributed by atoms with van der Waals surface area (Å²) in [6, 6.07) is 0. The molecule has 0 spiro atoms. The van der Waals surface area contributed by atoms with E-state index in [-0.39, 0.29) is 16.9 Å². The highest BCUT2D eigenvalue weighted by Crippen LogP contribution is 2.40. The minimum atomic E-state index is -1.87. The third-order valence-electron chi connectivity index (χ3n) is 4.68. The highest BCUT2D eigenvalue weighted by atomic mass is 28.4. The normalized spacial score (nSPS) is 26.4. The largest absolute Gasteiger partial charge is 0.492 e. The quantitative estimate of drug-likeness (QED) is 0.576. The smallest absolute Gasteiger partial charge is 0.316 e. The zero-order valence-electron chi connectivity index (χ0n) is 13.8. The van der Waals surface area contributed by atoms with Gasteiger partial charge in [-0.1, -0.05) is 27.7 Å². The Bertz CT molecular complexity index is 384. The molecule has 116 valence electrons. The van der Waals surface area contributed by atoms with Crippen LogP contribution in [0.25, 0.3) is 0 Å². The lowest BCUT2D eigenvalue weighted by molar-refractivity contribution is -0.152. The van der Waals surface area contributed by atoms with Gasteiger partial charge in [-0.15, -0.1) is 0 Å². The van der Waals surface area contributed by atoms with E-state index < -0.39 is 13.9 Å². The molecule has 20 heavy (non-hydrogen) atoms. The molecule has 0 aromatic heterocycles. The van der Waals surface area contributed by atoms with Gasteiger partial charge in [-0.05, 0) is 30.6 Å². The molecule has 0 radical (unpaired) electrons. The second kappa shape index (κ2) is 5.90. The van der Waals surface area contributed by atoms with Crippen molar-refractivity contribution in [2.75, 3.05) is 13.7 Å². The van der Waals surface area contributed by atoms with Gasteiger partial charge in [0.05, 0.1) is 20.0 Å². The third-order valence-corrected chi connectivity index (χ3v) is 9.16. The highest BCUT2D eigenvalue weighted by Gasteiger charge is 2.48. The molecule has 5 heteroatoms. The number of carbonyl (C=O) groups is 1. The Hall–Kier alpha value is -0.813. The number of carbonyl (C=O) groups excluding carboxylic acids is 1. The molecule has 0 unspecified atom stereocenters. The summed E-state index contributed by atoms with van der Waals surface area (Å²) in [6.07, 6.45) is 4.07. The lowest BCUT2D eigenvalue weighted by Crippen LogP contribution is -2.50. The van der Waals surface area contributed by atoms with Gasteiger partial charge in [0.2, 0.25) is 0 Å². The van der Waals surface area contributed by atoms with Crippen LogP contribution in [0.4, 0.5) is 0 Å². The van der Waals surface area contributed by atoms with Gasteiger partial charge in [0.1, 0.15) is 11.5 Å². The fraction of sp³-hybridized carbons (Fsp3) is 0.800. The van der Waals surface area contributed by atoms with Gasteiger partial charge in [0, 0.05) is 0 Å². The van der Waals surface area contributed by atoms with Crippen molar-refractivity contribution >= 4 is 14.3 Å². The molecule has 1 rings (SSSR count). The van der Waals surface area contributed by atoms with Crippen molar-refractivity contribution in [3.63, 3.8) is 0 Å². The minimum Gasteiger partial charge on any atom is -0.492 e. The van der Waals surface area contributed by atoms with Crippen molar-refractivity contribution in [2.24, 2.45) is 5.92 Å². The number of hydrogen-bond acceptors (Lipinski definition) is 4. The summed E-state index contributed by atoms with van der Waals surface area (Å²) in [5, 5.41) is 0.134. The molecule has 0 aromatic rings. The first-order valence-corrected chi connectivity index (χ1v) is 10.1. The molecule has 0 aromatic carbocycles. The maximum Gasteiger partial charge on any atom is 0.316 e. The Kier molecular flexibility index (Phi) is 5.08. The monoisotopic (exact) mass is 300 g/mol. The van der Waals surface area contributed by atoms with Crippen LogP contribution in [0.5, 0.6) is 0 Å². The zero-order chi connectivity index (χ0) is 15.6. The van der Waals surface area contributed by atoms with E-state index in [4.69, 9.17) is 13.9 Å². The van der Waals surface area contributed by atoms with E-state index in [0.717, 1.165) is 0 Å². The Balaban J connectivity index is 2.84. The number of methoxy groups -OCH3 is 1. The average molecular weight is 300 g/mol. The second-order valence-corrected chi connectivity index (χ2v) is 11.7. The predicted octanol–water partition coefficient (Wildman–Crippen LogP) is 3.49. The van der Waals surface area contributed by atoms with Crippen LogP contribution in [-0.4, -0.2) is 33.6 Å².